The lowest BCUT2D eigenvalue weighted by Crippen LogP contribution is -2.27. The maximum Gasteiger partial charge on any atom is 0.336 e. The van der Waals surface area contributed by atoms with E-state index in [-0.39, 0.29) is 29.2 Å². The Morgan fingerprint density at radius 3 is 1.86 bits per heavy atom. The normalized spacial score (nSPS) is 9.95. The van der Waals surface area contributed by atoms with Crippen LogP contribution in [0, 0.1) is 5.92 Å². The Bertz CT molecular complexity index is 521. The number of hydrogen-bond acceptors (Lipinski definition) is 3. The third kappa shape index (κ3) is 8.19. The summed E-state index contributed by atoms with van der Waals surface area (Å²) in [6.07, 6.45) is 0.379. The maximum atomic E-state index is 11.7. The largest absolute Gasteiger partial charge is 0.478 e. The number of ketones is 1. The molecular weight excluding hydrogens is 282 g/mol. The highest BCUT2D eigenvalue weighted by Gasteiger charge is 2.16. The van der Waals surface area contributed by atoms with E-state index in [4.69, 9.17) is 5.11 Å². The topological polar surface area (TPSA) is 83.5 Å². The molecular formula is C17H25NO4. The molecule has 0 heterocycles. The van der Waals surface area contributed by atoms with Gasteiger partial charge < -0.3 is 10.4 Å². The maximum absolute atomic E-state index is 11.7. The molecule has 0 bridgehead atoms. The van der Waals surface area contributed by atoms with E-state index in [9.17, 15) is 14.4 Å². The summed E-state index contributed by atoms with van der Waals surface area (Å²) in [7, 11) is 0. The number of amides is 1. The Labute approximate surface area is 131 Å². The van der Waals surface area contributed by atoms with Crippen molar-refractivity contribution in [3.05, 3.63) is 35.4 Å². The van der Waals surface area contributed by atoms with E-state index in [0.29, 0.717) is 12.0 Å². The molecule has 22 heavy (non-hydrogen) atoms. The lowest BCUT2D eigenvalue weighted by atomic mass is 9.97. The quantitative estimate of drug-likeness (QED) is 0.819. The molecule has 1 rings (SSSR count). The van der Waals surface area contributed by atoms with Crippen LogP contribution in [0.15, 0.2) is 24.3 Å². The highest BCUT2D eigenvalue weighted by atomic mass is 16.4. The van der Waals surface area contributed by atoms with E-state index in [1.165, 1.54) is 13.0 Å². The van der Waals surface area contributed by atoms with Gasteiger partial charge in [-0.25, -0.2) is 4.79 Å². The standard InChI is InChI=1S/C12H14O3.C5H11NO/c1-8(2)7-11(13)9-5-3-4-6-10(9)12(14)15;1-4(2)6-5(3)7/h3-6,8H,7H2,1-2H3,(H,14,15);4H,1-3H3,(H,6,7). The van der Waals surface area contributed by atoms with E-state index >= 15 is 0 Å². The van der Waals surface area contributed by atoms with E-state index in [2.05, 4.69) is 5.32 Å². The van der Waals surface area contributed by atoms with Gasteiger partial charge in [-0.1, -0.05) is 32.0 Å². The number of carbonyl (C=O) groups is 3. The Hall–Kier alpha value is -2.17. The Kier molecular flexibility index (Phi) is 8.75. The highest BCUT2D eigenvalue weighted by molar-refractivity contribution is 6.05. The second-order valence-corrected chi connectivity index (χ2v) is 5.73. The van der Waals surface area contributed by atoms with Crippen molar-refractivity contribution in [2.45, 2.75) is 47.1 Å². The van der Waals surface area contributed by atoms with Crippen LogP contribution in [-0.2, 0) is 4.79 Å². The van der Waals surface area contributed by atoms with Gasteiger partial charge in [0.05, 0.1) is 5.56 Å². The van der Waals surface area contributed by atoms with Gasteiger partial charge in [-0.05, 0) is 25.8 Å². The van der Waals surface area contributed by atoms with Crippen molar-refractivity contribution in [3.63, 3.8) is 0 Å². The number of nitrogens with one attached hydrogen (secondary N) is 1. The lowest BCUT2D eigenvalue weighted by Gasteiger charge is -2.06. The Morgan fingerprint density at radius 2 is 1.55 bits per heavy atom. The summed E-state index contributed by atoms with van der Waals surface area (Å²) in [6, 6.07) is 6.59. The van der Waals surface area contributed by atoms with Crippen LogP contribution in [0.2, 0.25) is 0 Å². The third-order valence-electron chi connectivity index (χ3n) is 2.54. The number of carbonyl (C=O) groups excluding carboxylic acids is 2. The first kappa shape index (κ1) is 19.8. The van der Waals surface area contributed by atoms with Crippen molar-refractivity contribution in [1.82, 2.24) is 5.32 Å². The number of hydrogen-bond donors (Lipinski definition) is 2. The molecule has 0 aliphatic rings. The van der Waals surface area contributed by atoms with Gasteiger partial charge in [-0.3, -0.25) is 9.59 Å². The molecule has 0 radical (unpaired) electrons. The molecule has 2 N–H and O–H groups in total. The monoisotopic (exact) mass is 307 g/mol. The van der Waals surface area contributed by atoms with E-state index < -0.39 is 5.97 Å². The first-order valence-corrected chi connectivity index (χ1v) is 7.27. The number of benzene rings is 1. The minimum atomic E-state index is -1.05. The van der Waals surface area contributed by atoms with Crippen LogP contribution in [-0.4, -0.2) is 28.8 Å². The molecule has 1 amide bonds. The minimum Gasteiger partial charge on any atom is -0.478 e. The van der Waals surface area contributed by atoms with Gasteiger partial charge in [-0.2, -0.15) is 0 Å². The van der Waals surface area contributed by atoms with Crippen LogP contribution in [0.4, 0.5) is 0 Å². The molecule has 0 atom stereocenters. The van der Waals surface area contributed by atoms with Crippen molar-refractivity contribution in [3.8, 4) is 0 Å². The fourth-order valence-corrected chi connectivity index (χ4v) is 1.80. The zero-order valence-corrected chi connectivity index (χ0v) is 13.8. The van der Waals surface area contributed by atoms with E-state index in [1.54, 1.807) is 18.2 Å². The lowest BCUT2D eigenvalue weighted by molar-refractivity contribution is -0.119. The summed E-state index contributed by atoms with van der Waals surface area (Å²) < 4.78 is 0. The molecule has 0 aromatic heterocycles. The Morgan fingerprint density at radius 1 is 1.05 bits per heavy atom. The summed E-state index contributed by atoms with van der Waals surface area (Å²) in [5, 5.41) is 11.6. The first-order chi connectivity index (χ1) is 10.1. The molecule has 0 aliphatic carbocycles. The van der Waals surface area contributed by atoms with Gasteiger partial charge in [0.15, 0.2) is 5.78 Å². The van der Waals surface area contributed by atoms with E-state index in [1.807, 2.05) is 27.7 Å². The van der Waals surface area contributed by atoms with Crippen LogP contribution in [0.3, 0.4) is 0 Å². The van der Waals surface area contributed by atoms with E-state index in [0.717, 1.165) is 0 Å². The van der Waals surface area contributed by atoms with Crippen molar-refractivity contribution in [1.29, 1.82) is 0 Å². The van der Waals surface area contributed by atoms with Gasteiger partial charge in [0.2, 0.25) is 5.91 Å². The smallest absolute Gasteiger partial charge is 0.336 e. The number of Topliss-reactive ketones (excluding diaryl/α,β-unsaturated/α-hetero) is 1. The molecule has 1 aromatic carbocycles. The van der Waals surface area contributed by atoms with Crippen LogP contribution < -0.4 is 5.32 Å². The number of rotatable bonds is 5. The molecule has 122 valence electrons. The van der Waals surface area contributed by atoms with Crippen molar-refractivity contribution in [2.75, 3.05) is 0 Å². The number of carboxylic acids is 1. The van der Waals surface area contributed by atoms with Gasteiger partial charge in [-0.15, -0.1) is 0 Å². The summed E-state index contributed by atoms with van der Waals surface area (Å²) in [6.45, 7) is 9.24. The molecule has 5 nitrogen and oxygen atoms in total. The molecule has 0 aliphatic heterocycles. The van der Waals surface area contributed by atoms with Crippen LogP contribution in [0.25, 0.3) is 0 Å². The Balaban J connectivity index is 0.000000534. The minimum absolute atomic E-state index is 0.0370. The molecule has 0 spiro atoms. The molecule has 5 heteroatoms. The third-order valence-corrected chi connectivity index (χ3v) is 2.54. The zero-order valence-electron chi connectivity index (χ0n) is 13.8. The average molecular weight is 307 g/mol. The first-order valence-electron chi connectivity index (χ1n) is 7.27. The number of carboxylic acid groups (broad SMARTS) is 1. The van der Waals surface area contributed by atoms with Crippen LogP contribution in [0.5, 0.6) is 0 Å². The zero-order chi connectivity index (χ0) is 17.3. The second-order valence-electron chi connectivity index (χ2n) is 5.73. The SMILES string of the molecule is CC(=O)NC(C)C.CC(C)CC(=O)c1ccccc1C(=O)O. The summed E-state index contributed by atoms with van der Waals surface area (Å²) in [5.74, 6) is -0.889. The highest BCUT2D eigenvalue weighted by Crippen LogP contribution is 2.14. The summed E-state index contributed by atoms with van der Waals surface area (Å²) >= 11 is 0. The fraction of sp³-hybridized carbons (Fsp3) is 0.471. The van der Waals surface area contributed by atoms with Gasteiger partial charge >= 0.3 is 5.97 Å². The predicted molar refractivity (Wildman–Crippen MR) is 86.1 cm³/mol. The fourth-order valence-electron chi connectivity index (χ4n) is 1.80. The predicted octanol–water partition coefficient (Wildman–Crippen LogP) is 3.14. The molecule has 1 aromatic rings. The molecule has 0 fully saturated rings. The van der Waals surface area contributed by atoms with Gasteiger partial charge in [0, 0.05) is 24.9 Å². The van der Waals surface area contributed by atoms with Crippen molar-refractivity contribution in [2.24, 2.45) is 5.92 Å². The van der Waals surface area contributed by atoms with Gasteiger partial charge in [0.25, 0.3) is 0 Å². The van der Waals surface area contributed by atoms with Gasteiger partial charge in [0.1, 0.15) is 0 Å². The number of aromatic carboxylic acids is 1. The molecule has 0 unspecified atom stereocenters. The molecule has 0 saturated heterocycles. The van der Waals surface area contributed by atoms with Crippen molar-refractivity contribution >= 4 is 17.7 Å². The summed E-state index contributed by atoms with van der Waals surface area (Å²) in [5.41, 5.74) is 0.391. The van der Waals surface area contributed by atoms with Crippen LogP contribution in [0.1, 0.15) is 61.8 Å². The van der Waals surface area contributed by atoms with Crippen molar-refractivity contribution < 1.29 is 19.5 Å². The van der Waals surface area contributed by atoms with Crippen LogP contribution >= 0.6 is 0 Å². The average Bonchev–Trinajstić information content (AvgIpc) is 2.36. The second kappa shape index (κ2) is 9.71. The summed E-state index contributed by atoms with van der Waals surface area (Å²) in [4.78, 5) is 32.7. The molecule has 0 saturated carbocycles.